The summed E-state index contributed by atoms with van der Waals surface area (Å²) in [6, 6.07) is 15.4. The predicted octanol–water partition coefficient (Wildman–Crippen LogP) is 5.99. The van der Waals surface area contributed by atoms with E-state index in [0.717, 1.165) is 5.69 Å². The number of benzene rings is 2. The molecule has 6 nitrogen and oxygen atoms in total. The fourth-order valence-corrected chi connectivity index (χ4v) is 2.96. The molecule has 2 amide bonds. The van der Waals surface area contributed by atoms with Gasteiger partial charge in [0.1, 0.15) is 5.82 Å². The third-order valence-corrected chi connectivity index (χ3v) is 4.96. The molecule has 0 atom stereocenters. The van der Waals surface area contributed by atoms with Crippen molar-refractivity contribution in [3.63, 3.8) is 0 Å². The lowest BCUT2D eigenvalue weighted by molar-refractivity contribution is 0.262. The zero-order valence-corrected chi connectivity index (χ0v) is 17.6. The largest absolute Gasteiger partial charge is 0.324 e. The minimum atomic E-state index is -0.493. The molecule has 1 heterocycles. The van der Waals surface area contributed by atoms with Crippen LogP contribution in [0.15, 0.2) is 48.5 Å². The van der Waals surface area contributed by atoms with Gasteiger partial charge in [0.15, 0.2) is 0 Å². The third-order valence-electron chi connectivity index (χ3n) is 4.14. The van der Waals surface area contributed by atoms with E-state index in [9.17, 15) is 10.1 Å². The Bertz CT molecular complexity index is 1110. The van der Waals surface area contributed by atoms with Crippen LogP contribution in [0.4, 0.5) is 16.3 Å². The van der Waals surface area contributed by atoms with Crippen LogP contribution < -0.4 is 10.6 Å². The molecule has 0 bridgehead atoms. The van der Waals surface area contributed by atoms with Crippen LogP contribution in [0.5, 0.6) is 0 Å². The van der Waals surface area contributed by atoms with Crippen molar-refractivity contribution in [2.24, 2.45) is 0 Å². The molecule has 0 aliphatic heterocycles. The second-order valence-electron chi connectivity index (χ2n) is 7.42. The van der Waals surface area contributed by atoms with Gasteiger partial charge in [-0.25, -0.2) is 9.48 Å². The standard InChI is InChI=1S/C21H19Cl2N5O/c1-21(2,3)17-11-18(28(27-17)14-7-4-6-13(10-14)12-24)26-20(29)25-16-9-5-8-15(22)19(16)23/h4-11H,1-3H3,(H2,25,26,29). The highest BCUT2D eigenvalue weighted by Gasteiger charge is 2.22. The van der Waals surface area contributed by atoms with Gasteiger partial charge in [-0.3, -0.25) is 5.32 Å². The summed E-state index contributed by atoms with van der Waals surface area (Å²) in [5.41, 5.74) is 2.11. The molecular weight excluding hydrogens is 409 g/mol. The zero-order valence-electron chi connectivity index (χ0n) is 16.1. The maximum atomic E-state index is 12.6. The first-order valence-electron chi connectivity index (χ1n) is 8.82. The number of anilines is 2. The minimum absolute atomic E-state index is 0.235. The fourth-order valence-electron chi connectivity index (χ4n) is 2.61. The SMILES string of the molecule is CC(C)(C)c1cc(NC(=O)Nc2cccc(Cl)c2Cl)n(-c2cccc(C#N)c2)n1. The number of carbonyl (C=O) groups is 1. The summed E-state index contributed by atoms with van der Waals surface area (Å²) in [5, 5.41) is 19.9. The average Bonchev–Trinajstić information content (AvgIpc) is 3.09. The second-order valence-corrected chi connectivity index (χ2v) is 8.20. The highest BCUT2D eigenvalue weighted by molar-refractivity contribution is 6.44. The van der Waals surface area contributed by atoms with Crippen molar-refractivity contribution in [2.75, 3.05) is 10.6 Å². The Hall–Kier alpha value is -3.01. The van der Waals surface area contributed by atoms with Crippen LogP contribution in [0.3, 0.4) is 0 Å². The molecule has 2 N–H and O–H groups in total. The quantitative estimate of drug-likeness (QED) is 0.537. The fraction of sp³-hybridized carbons (Fsp3) is 0.190. The zero-order chi connectivity index (χ0) is 21.2. The third kappa shape index (κ3) is 4.70. The van der Waals surface area contributed by atoms with Crippen molar-refractivity contribution in [2.45, 2.75) is 26.2 Å². The van der Waals surface area contributed by atoms with Gasteiger partial charge in [-0.15, -0.1) is 0 Å². The summed E-state index contributed by atoms with van der Waals surface area (Å²) in [4.78, 5) is 12.6. The van der Waals surface area contributed by atoms with E-state index < -0.39 is 6.03 Å². The summed E-state index contributed by atoms with van der Waals surface area (Å²) >= 11 is 12.1. The van der Waals surface area contributed by atoms with Gasteiger partial charge in [0, 0.05) is 11.5 Å². The van der Waals surface area contributed by atoms with Crippen LogP contribution >= 0.6 is 23.2 Å². The van der Waals surface area contributed by atoms with E-state index in [4.69, 9.17) is 23.2 Å². The molecule has 8 heteroatoms. The Morgan fingerprint density at radius 1 is 1.10 bits per heavy atom. The van der Waals surface area contributed by atoms with E-state index in [2.05, 4.69) is 21.8 Å². The molecule has 0 radical (unpaired) electrons. The number of aromatic nitrogens is 2. The van der Waals surface area contributed by atoms with Crippen molar-refractivity contribution in [1.82, 2.24) is 9.78 Å². The molecular formula is C21H19Cl2N5O. The van der Waals surface area contributed by atoms with Gasteiger partial charge in [0.05, 0.1) is 38.7 Å². The molecule has 2 aromatic carbocycles. The number of nitrogens with one attached hydrogen (secondary N) is 2. The van der Waals surface area contributed by atoms with Crippen LogP contribution in [-0.2, 0) is 5.41 Å². The van der Waals surface area contributed by atoms with Gasteiger partial charge in [0.25, 0.3) is 0 Å². The van der Waals surface area contributed by atoms with Crippen LogP contribution in [0.1, 0.15) is 32.0 Å². The summed E-state index contributed by atoms with van der Waals surface area (Å²) in [5.74, 6) is 0.459. The number of hydrogen-bond acceptors (Lipinski definition) is 3. The van der Waals surface area contributed by atoms with Crippen LogP contribution in [-0.4, -0.2) is 15.8 Å². The van der Waals surface area contributed by atoms with Crippen molar-refractivity contribution >= 4 is 40.7 Å². The number of carbonyl (C=O) groups excluding carboxylic acids is 1. The average molecular weight is 428 g/mol. The lowest BCUT2D eigenvalue weighted by Crippen LogP contribution is -2.21. The maximum absolute atomic E-state index is 12.6. The summed E-state index contributed by atoms with van der Waals surface area (Å²) in [6.45, 7) is 6.09. The summed E-state index contributed by atoms with van der Waals surface area (Å²) in [6.07, 6.45) is 0. The molecule has 0 saturated heterocycles. The molecule has 3 rings (SSSR count). The molecule has 1 aromatic heterocycles. The van der Waals surface area contributed by atoms with Crippen LogP contribution in [0.2, 0.25) is 10.0 Å². The van der Waals surface area contributed by atoms with Crippen molar-refractivity contribution < 1.29 is 4.79 Å². The first-order chi connectivity index (χ1) is 13.7. The highest BCUT2D eigenvalue weighted by atomic mass is 35.5. The van der Waals surface area contributed by atoms with E-state index in [-0.39, 0.29) is 10.4 Å². The minimum Gasteiger partial charge on any atom is -0.306 e. The highest BCUT2D eigenvalue weighted by Crippen LogP contribution is 2.30. The Morgan fingerprint density at radius 2 is 1.83 bits per heavy atom. The lowest BCUT2D eigenvalue weighted by atomic mass is 9.92. The molecule has 0 saturated carbocycles. The molecule has 3 aromatic rings. The number of nitriles is 1. The van der Waals surface area contributed by atoms with Gasteiger partial charge in [-0.05, 0) is 30.3 Å². The Balaban J connectivity index is 1.95. The molecule has 148 valence electrons. The molecule has 0 fully saturated rings. The number of nitrogens with zero attached hydrogens (tertiary/aromatic N) is 3. The molecule has 0 unspecified atom stereocenters. The van der Waals surface area contributed by atoms with Crippen molar-refractivity contribution in [3.8, 4) is 11.8 Å². The molecule has 29 heavy (non-hydrogen) atoms. The van der Waals surface area contributed by atoms with Gasteiger partial charge < -0.3 is 5.32 Å². The van der Waals surface area contributed by atoms with Gasteiger partial charge in [0.2, 0.25) is 0 Å². The first kappa shape index (κ1) is 20.7. The smallest absolute Gasteiger partial charge is 0.306 e. The van der Waals surface area contributed by atoms with Gasteiger partial charge in [-0.2, -0.15) is 10.4 Å². The first-order valence-corrected chi connectivity index (χ1v) is 9.58. The number of amides is 2. The van der Waals surface area contributed by atoms with Crippen molar-refractivity contribution in [1.29, 1.82) is 5.26 Å². The Morgan fingerprint density at radius 3 is 2.52 bits per heavy atom. The summed E-state index contributed by atoms with van der Waals surface area (Å²) in [7, 11) is 0. The van der Waals surface area contributed by atoms with E-state index in [1.807, 2.05) is 26.8 Å². The number of halogens is 2. The van der Waals surface area contributed by atoms with Crippen LogP contribution in [0, 0.1) is 11.3 Å². The topological polar surface area (TPSA) is 82.7 Å². The van der Waals surface area contributed by atoms with E-state index in [0.29, 0.717) is 27.8 Å². The number of rotatable bonds is 3. The van der Waals surface area contributed by atoms with Gasteiger partial charge in [-0.1, -0.05) is 56.1 Å². The molecule has 0 aliphatic rings. The second kappa shape index (κ2) is 8.16. The van der Waals surface area contributed by atoms with Gasteiger partial charge >= 0.3 is 6.03 Å². The van der Waals surface area contributed by atoms with Crippen molar-refractivity contribution in [3.05, 3.63) is 69.8 Å². The molecule has 0 aliphatic carbocycles. The molecule has 0 spiro atoms. The Kier molecular flexibility index (Phi) is 5.83. The summed E-state index contributed by atoms with van der Waals surface area (Å²) < 4.78 is 1.60. The van der Waals surface area contributed by atoms with E-state index in [1.54, 1.807) is 47.1 Å². The van der Waals surface area contributed by atoms with E-state index >= 15 is 0 Å². The van der Waals surface area contributed by atoms with E-state index in [1.165, 1.54) is 0 Å². The Labute approximate surface area is 179 Å². The lowest BCUT2D eigenvalue weighted by Gasteiger charge is -2.14. The maximum Gasteiger partial charge on any atom is 0.324 e. The number of urea groups is 1. The monoisotopic (exact) mass is 427 g/mol. The van der Waals surface area contributed by atoms with Crippen LogP contribution in [0.25, 0.3) is 5.69 Å². The number of hydrogen-bond donors (Lipinski definition) is 2. The normalized spacial score (nSPS) is 11.0. The predicted molar refractivity (Wildman–Crippen MR) is 116 cm³/mol.